The fraction of sp³-hybridized carbons (Fsp3) is 0.763. The van der Waals surface area contributed by atoms with Gasteiger partial charge in [-0.3, -0.25) is 9.59 Å². The molecular weight excluding hydrogens is 789 g/mol. The molecule has 0 rings (SSSR count). The second kappa shape index (κ2) is 54.7. The van der Waals surface area contributed by atoms with E-state index in [9.17, 15) is 14.7 Å². The zero-order valence-corrected chi connectivity index (χ0v) is 42.3. The standard InChI is InChI=1S/C59H104O5/c1-3-5-7-9-11-13-15-17-19-20-21-22-23-24-25-26-27-28-29-30-31-32-33-34-35-36-37-38-40-42-44-46-48-50-52-54-59(62)64-57(55-60)56-63-58(61)53-51-49-47-45-43-41-39-18-16-14-12-10-8-6-4-2/h5,7,11,13,17,19,21-22,24-25,27-28,57,60H,3-4,6,8-10,12,14-16,18,20,23,26,29-56H2,1-2H3/b7-5-,13-11-,19-17-,22-21-,25-24-,28-27-. The van der Waals surface area contributed by atoms with E-state index in [-0.39, 0.29) is 25.2 Å². The molecule has 0 heterocycles. The number of hydrogen-bond donors (Lipinski definition) is 1. The Morgan fingerprint density at radius 2 is 0.672 bits per heavy atom. The first kappa shape index (κ1) is 61.3. The molecule has 0 aromatic heterocycles. The van der Waals surface area contributed by atoms with Crippen LogP contribution >= 0.6 is 0 Å². The van der Waals surface area contributed by atoms with Gasteiger partial charge in [0.15, 0.2) is 6.10 Å². The summed E-state index contributed by atoms with van der Waals surface area (Å²) in [5.74, 6) is -0.580. The van der Waals surface area contributed by atoms with Gasteiger partial charge in [-0.1, -0.05) is 267 Å². The van der Waals surface area contributed by atoms with Crippen LogP contribution in [0.1, 0.15) is 271 Å². The predicted molar refractivity (Wildman–Crippen MR) is 279 cm³/mol. The van der Waals surface area contributed by atoms with E-state index in [4.69, 9.17) is 9.47 Å². The van der Waals surface area contributed by atoms with E-state index in [1.165, 1.54) is 167 Å². The van der Waals surface area contributed by atoms with Gasteiger partial charge in [-0.05, 0) is 64.2 Å². The van der Waals surface area contributed by atoms with Gasteiger partial charge in [0.1, 0.15) is 6.61 Å². The Labute approximate surface area is 397 Å². The third-order valence-corrected chi connectivity index (χ3v) is 12.0. The third-order valence-electron chi connectivity index (χ3n) is 12.0. The second-order valence-corrected chi connectivity index (χ2v) is 18.3. The number of hydrogen-bond acceptors (Lipinski definition) is 5. The average Bonchev–Trinajstić information content (AvgIpc) is 3.30. The molecule has 0 aromatic rings. The fourth-order valence-electron chi connectivity index (χ4n) is 7.91. The number of ether oxygens (including phenoxy) is 2. The predicted octanol–water partition coefficient (Wildman–Crippen LogP) is 18.4. The van der Waals surface area contributed by atoms with Crippen molar-refractivity contribution in [3.05, 3.63) is 72.9 Å². The smallest absolute Gasteiger partial charge is 0.306 e. The first-order valence-electron chi connectivity index (χ1n) is 27.5. The molecule has 1 atom stereocenters. The molecule has 0 saturated heterocycles. The molecule has 0 saturated carbocycles. The molecule has 5 nitrogen and oxygen atoms in total. The van der Waals surface area contributed by atoms with Crippen LogP contribution in [0.3, 0.4) is 0 Å². The minimum atomic E-state index is -0.771. The van der Waals surface area contributed by atoms with Gasteiger partial charge in [0.25, 0.3) is 0 Å². The highest BCUT2D eigenvalue weighted by Crippen LogP contribution is 2.16. The molecule has 0 aliphatic rings. The summed E-state index contributed by atoms with van der Waals surface area (Å²) in [6, 6.07) is 0. The Kier molecular flexibility index (Phi) is 52.4. The lowest BCUT2D eigenvalue weighted by Crippen LogP contribution is -2.28. The topological polar surface area (TPSA) is 72.8 Å². The Balaban J connectivity index is 3.46. The highest BCUT2D eigenvalue weighted by molar-refractivity contribution is 5.70. The van der Waals surface area contributed by atoms with Crippen LogP contribution in [0.15, 0.2) is 72.9 Å². The highest BCUT2D eigenvalue weighted by Gasteiger charge is 2.16. The molecule has 0 radical (unpaired) electrons. The van der Waals surface area contributed by atoms with Gasteiger partial charge >= 0.3 is 11.9 Å². The summed E-state index contributed by atoms with van der Waals surface area (Å²) in [6.45, 7) is 4.05. The number of esters is 2. The van der Waals surface area contributed by atoms with Crippen molar-refractivity contribution in [3.8, 4) is 0 Å². The molecule has 0 fully saturated rings. The summed E-state index contributed by atoms with van der Waals surface area (Å²) in [4.78, 5) is 24.4. The van der Waals surface area contributed by atoms with Crippen molar-refractivity contribution in [2.75, 3.05) is 13.2 Å². The van der Waals surface area contributed by atoms with E-state index in [1.807, 2.05) is 0 Å². The summed E-state index contributed by atoms with van der Waals surface area (Å²) in [7, 11) is 0. The lowest BCUT2D eigenvalue weighted by molar-refractivity contribution is -0.161. The van der Waals surface area contributed by atoms with Crippen molar-refractivity contribution < 1.29 is 24.2 Å². The lowest BCUT2D eigenvalue weighted by atomic mass is 10.0. The van der Waals surface area contributed by atoms with Crippen molar-refractivity contribution in [1.82, 2.24) is 0 Å². The van der Waals surface area contributed by atoms with E-state index in [0.717, 1.165) is 77.0 Å². The Morgan fingerprint density at radius 3 is 1.02 bits per heavy atom. The van der Waals surface area contributed by atoms with E-state index in [1.54, 1.807) is 0 Å². The molecule has 5 heteroatoms. The van der Waals surface area contributed by atoms with Crippen molar-refractivity contribution in [2.45, 2.75) is 277 Å². The van der Waals surface area contributed by atoms with Crippen LogP contribution in [-0.4, -0.2) is 36.4 Å². The van der Waals surface area contributed by atoms with Crippen molar-refractivity contribution in [2.24, 2.45) is 0 Å². The van der Waals surface area contributed by atoms with Crippen LogP contribution in [-0.2, 0) is 19.1 Å². The number of unbranched alkanes of at least 4 members (excludes halogenated alkanes) is 30. The minimum absolute atomic E-state index is 0.0628. The molecule has 0 amide bonds. The molecule has 0 spiro atoms. The van der Waals surface area contributed by atoms with Gasteiger partial charge in [0, 0.05) is 12.8 Å². The average molecular weight is 893 g/mol. The third kappa shape index (κ3) is 52.0. The normalized spacial score (nSPS) is 12.7. The Bertz CT molecular complexity index is 1150. The van der Waals surface area contributed by atoms with Crippen LogP contribution in [0, 0.1) is 0 Å². The Hall–Kier alpha value is -2.66. The van der Waals surface area contributed by atoms with E-state index in [0.29, 0.717) is 12.8 Å². The molecule has 1 unspecified atom stereocenters. The zero-order chi connectivity index (χ0) is 46.3. The summed E-state index contributed by atoms with van der Waals surface area (Å²) in [5.41, 5.74) is 0. The molecule has 0 aliphatic carbocycles. The van der Waals surface area contributed by atoms with Crippen LogP contribution in [0.2, 0.25) is 0 Å². The first-order valence-corrected chi connectivity index (χ1v) is 27.5. The van der Waals surface area contributed by atoms with Crippen LogP contribution < -0.4 is 0 Å². The molecule has 0 aromatic carbocycles. The largest absolute Gasteiger partial charge is 0.462 e. The summed E-state index contributed by atoms with van der Waals surface area (Å²) in [6.07, 6.45) is 74.4. The SMILES string of the molecule is CC/C=C\C/C=C\C/C=C\C/C=C\C/C=C\C/C=C\CCCCCCCCCCCCCCCCCCC(=O)OC(CO)COC(=O)CCCCCCCCCCCCCCCCC. The zero-order valence-electron chi connectivity index (χ0n) is 42.3. The molecule has 64 heavy (non-hydrogen) atoms. The van der Waals surface area contributed by atoms with Crippen LogP contribution in [0.25, 0.3) is 0 Å². The number of carbonyl (C=O) groups is 2. The second-order valence-electron chi connectivity index (χ2n) is 18.3. The van der Waals surface area contributed by atoms with Gasteiger partial charge in [0.2, 0.25) is 0 Å². The monoisotopic (exact) mass is 893 g/mol. The molecule has 370 valence electrons. The van der Waals surface area contributed by atoms with Gasteiger partial charge in [-0.25, -0.2) is 0 Å². The van der Waals surface area contributed by atoms with Crippen LogP contribution in [0.4, 0.5) is 0 Å². The summed E-state index contributed by atoms with van der Waals surface area (Å²) < 4.78 is 10.7. The maximum atomic E-state index is 12.3. The van der Waals surface area contributed by atoms with Crippen molar-refractivity contribution >= 4 is 11.9 Å². The molecule has 0 bridgehead atoms. The number of allylic oxidation sites excluding steroid dienone is 12. The van der Waals surface area contributed by atoms with E-state index >= 15 is 0 Å². The van der Waals surface area contributed by atoms with Crippen molar-refractivity contribution in [3.63, 3.8) is 0 Å². The first-order chi connectivity index (χ1) is 31.6. The number of carbonyl (C=O) groups excluding carboxylic acids is 2. The maximum absolute atomic E-state index is 12.3. The molecule has 1 N–H and O–H groups in total. The Morgan fingerprint density at radius 1 is 0.375 bits per heavy atom. The van der Waals surface area contributed by atoms with Gasteiger partial charge < -0.3 is 14.6 Å². The fourth-order valence-corrected chi connectivity index (χ4v) is 7.91. The quantitative estimate of drug-likeness (QED) is 0.0374. The maximum Gasteiger partial charge on any atom is 0.306 e. The number of aliphatic hydroxyl groups excluding tert-OH is 1. The van der Waals surface area contributed by atoms with E-state index in [2.05, 4.69) is 86.8 Å². The summed E-state index contributed by atoms with van der Waals surface area (Å²) in [5, 5.41) is 9.63. The minimum Gasteiger partial charge on any atom is -0.462 e. The summed E-state index contributed by atoms with van der Waals surface area (Å²) >= 11 is 0. The van der Waals surface area contributed by atoms with Crippen molar-refractivity contribution in [1.29, 1.82) is 0 Å². The molecule has 0 aliphatic heterocycles. The van der Waals surface area contributed by atoms with E-state index < -0.39 is 6.10 Å². The lowest BCUT2D eigenvalue weighted by Gasteiger charge is -2.15. The number of aliphatic hydroxyl groups is 1. The highest BCUT2D eigenvalue weighted by atomic mass is 16.6. The van der Waals surface area contributed by atoms with Gasteiger partial charge in [-0.15, -0.1) is 0 Å². The number of rotatable bonds is 50. The molecular formula is C59H104O5. The van der Waals surface area contributed by atoms with Gasteiger partial charge in [-0.2, -0.15) is 0 Å². The van der Waals surface area contributed by atoms with Crippen LogP contribution in [0.5, 0.6) is 0 Å². The van der Waals surface area contributed by atoms with Gasteiger partial charge in [0.05, 0.1) is 6.61 Å².